The van der Waals surface area contributed by atoms with Gasteiger partial charge in [0, 0.05) is 15.7 Å². The van der Waals surface area contributed by atoms with E-state index < -0.39 is 53.0 Å². The number of aromatic nitrogens is 5. The summed E-state index contributed by atoms with van der Waals surface area (Å²) in [5, 5.41) is 18.1. The zero-order valence-corrected chi connectivity index (χ0v) is 15.7. The summed E-state index contributed by atoms with van der Waals surface area (Å²) in [5.41, 5.74) is -4.04. The molecule has 11 heteroatoms. The van der Waals surface area contributed by atoms with Crippen LogP contribution in [0, 0.1) is 18.3 Å². The Morgan fingerprint density at radius 1 is 1.38 bits per heavy atom. The highest BCUT2D eigenvalue weighted by atomic mass is 35.5. The Kier molecular flexibility index (Phi) is 3.81. The van der Waals surface area contributed by atoms with Gasteiger partial charge in [0.15, 0.2) is 5.75 Å². The topological polar surface area (TPSA) is 147 Å². The van der Waals surface area contributed by atoms with Crippen LogP contribution in [0.1, 0.15) is 43.4 Å². The molecule has 1 atom stereocenters. The van der Waals surface area contributed by atoms with Gasteiger partial charge in [0.05, 0.1) is 13.5 Å². The number of H-pyrrole nitrogens is 2. The molecule has 1 unspecified atom stereocenters. The molecule has 10 nitrogen and oxygen atoms in total. The Labute approximate surface area is 175 Å². The number of aromatic amines is 2. The minimum absolute atomic E-state index is 0.0211. The lowest BCUT2D eigenvalue weighted by Crippen LogP contribution is -2.33. The van der Waals surface area contributed by atoms with Crippen LogP contribution in [0.15, 0.2) is 32.5 Å². The summed E-state index contributed by atoms with van der Waals surface area (Å²) < 4.78 is 45.4. The van der Waals surface area contributed by atoms with E-state index >= 15 is 0 Å². The summed E-state index contributed by atoms with van der Waals surface area (Å²) in [4.78, 5) is 37.8. The Morgan fingerprint density at radius 2 is 2.14 bits per heavy atom. The van der Waals surface area contributed by atoms with Crippen LogP contribution in [-0.4, -0.2) is 25.0 Å². The molecule has 0 bridgehead atoms. The molecule has 0 aliphatic heterocycles. The Balaban J connectivity index is 2.17. The number of hydrogen-bond acceptors (Lipinski definition) is 7. The van der Waals surface area contributed by atoms with Crippen molar-refractivity contribution < 1.29 is 11.6 Å². The van der Waals surface area contributed by atoms with Crippen molar-refractivity contribution in [3.63, 3.8) is 0 Å². The van der Waals surface area contributed by atoms with Crippen LogP contribution < -0.4 is 21.5 Å². The molecule has 0 saturated heterocycles. The second kappa shape index (κ2) is 7.73. The van der Waals surface area contributed by atoms with Gasteiger partial charge in [-0.15, -0.1) is 10.2 Å². The quantitative estimate of drug-likeness (QED) is 0.654. The van der Waals surface area contributed by atoms with Gasteiger partial charge in [0.1, 0.15) is 6.07 Å². The minimum Gasteiger partial charge on any atom is -0.436 e. The lowest BCUT2D eigenvalue weighted by atomic mass is 10.1. The van der Waals surface area contributed by atoms with Gasteiger partial charge in [-0.1, -0.05) is 25.4 Å². The normalized spacial score (nSPS) is 14.6. The molecule has 2 N–H and O–H groups in total. The maximum absolute atomic E-state index is 12.2. The second-order valence-corrected chi connectivity index (χ2v) is 6.19. The molecule has 1 aromatic carbocycles. The average molecular weight is 420 g/mol. The highest BCUT2D eigenvalue weighted by molar-refractivity contribution is 6.32. The Bertz CT molecular complexity index is 1490. The highest BCUT2D eigenvalue weighted by Gasteiger charge is 2.15. The number of rotatable bonds is 4. The number of benzene rings is 1. The molecular weight excluding hydrogens is 400 g/mol. The summed E-state index contributed by atoms with van der Waals surface area (Å²) in [6, 6.07) is 1.59. The predicted molar refractivity (Wildman–Crippen MR) is 104 cm³/mol. The summed E-state index contributed by atoms with van der Waals surface area (Å²) in [7, 11) is 0. The van der Waals surface area contributed by atoms with Gasteiger partial charge >= 0.3 is 5.69 Å². The fourth-order valence-electron chi connectivity index (χ4n) is 2.32. The molecule has 0 aliphatic carbocycles. The minimum atomic E-state index is -2.47. The molecule has 3 aromatic rings. The van der Waals surface area contributed by atoms with Gasteiger partial charge in [0.2, 0.25) is 11.6 Å². The van der Waals surface area contributed by atoms with E-state index in [1.54, 1.807) is 0 Å². The largest absolute Gasteiger partial charge is 0.436 e. The van der Waals surface area contributed by atoms with E-state index in [0.717, 1.165) is 6.07 Å². The monoisotopic (exact) mass is 419 g/mol. The van der Waals surface area contributed by atoms with E-state index in [4.69, 9.17) is 28.5 Å². The van der Waals surface area contributed by atoms with Crippen LogP contribution in [0.3, 0.4) is 0 Å². The molecule has 0 fully saturated rings. The third-order valence-electron chi connectivity index (χ3n) is 3.70. The zero-order chi connectivity index (χ0) is 25.5. The molecule has 148 valence electrons. The summed E-state index contributed by atoms with van der Waals surface area (Å²) in [6.07, 6.45) is 0. The number of hydrogen-bond donors (Lipinski definition) is 2. The first-order chi connectivity index (χ1) is 15.8. The molecular formula is C18H15ClN6O4. The van der Waals surface area contributed by atoms with Crippen LogP contribution in [-0.2, 0) is 0 Å². The van der Waals surface area contributed by atoms with Gasteiger partial charge in [-0.3, -0.25) is 14.6 Å². The predicted octanol–water partition coefficient (Wildman–Crippen LogP) is 1.75. The number of ether oxygens (including phenoxy) is 1. The van der Waals surface area contributed by atoms with Crippen molar-refractivity contribution in [2.75, 3.05) is 0 Å². The summed E-state index contributed by atoms with van der Waals surface area (Å²) in [5.74, 6) is -1.62. The van der Waals surface area contributed by atoms with Crippen molar-refractivity contribution in [1.82, 2.24) is 25.0 Å². The number of nitrogens with one attached hydrogen (secondary N) is 2. The number of nitrogens with zero attached hydrogens (tertiary/aromatic N) is 4. The van der Waals surface area contributed by atoms with Crippen molar-refractivity contribution in [1.29, 1.82) is 5.26 Å². The van der Waals surface area contributed by atoms with E-state index in [-0.39, 0.29) is 27.8 Å². The van der Waals surface area contributed by atoms with Crippen molar-refractivity contribution in [2.45, 2.75) is 26.6 Å². The average Bonchev–Trinajstić information content (AvgIpc) is 2.76. The number of halogens is 1. The molecule has 0 aliphatic rings. The van der Waals surface area contributed by atoms with E-state index in [0.29, 0.717) is 4.68 Å². The smallest absolute Gasteiger partial charge is 0.349 e. The molecule has 0 amide bonds. The first-order valence-corrected chi connectivity index (χ1v) is 8.36. The first-order valence-electron chi connectivity index (χ1n) is 10.5. The van der Waals surface area contributed by atoms with E-state index in [9.17, 15) is 14.4 Å². The van der Waals surface area contributed by atoms with Crippen LogP contribution >= 0.6 is 11.6 Å². The molecule has 29 heavy (non-hydrogen) atoms. The molecule has 2 aromatic heterocycles. The van der Waals surface area contributed by atoms with Gasteiger partial charge < -0.3 is 4.74 Å². The Hall–Kier alpha value is -3.71. The highest BCUT2D eigenvalue weighted by Crippen LogP contribution is 2.34. The molecule has 0 spiro atoms. The van der Waals surface area contributed by atoms with Crippen molar-refractivity contribution >= 4 is 11.6 Å². The van der Waals surface area contributed by atoms with Crippen molar-refractivity contribution in [3.05, 3.63) is 71.2 Å². The third-order valence-corrected chi connectivity index (χ3v) is 3.97. The zero-order valence-electron chi connectivity index (χ0n) is 20.0. The standard InChI is InChI=1S/C18H15ClN6O4/c1-8(2)11-6-14(22-23-16(11)26)29-15-9(3)4-10(5-12(15)19)25-18(28)21-17(27)13(7-20)24-25/h4-6,8H,1-3H3,(H,23,26)(H,21,27,28)/i1D3,4D,5D. The van der Waals surface area contributed by atoms with Crippen LogP contribution in [0.2, 0.25) is 5.02 Å². The SMILES string of the molecule is [2H]c1c(C)c(Oc2cc(C(C)C([2H])([2H])[2H])c(=O)[nH]n2)c(Cl)c([2H])c1-n1nc(C#N)c(=O)[nH]c1=O. The second-order valence-electron chi connectivity index (χ2n) is 5.81. The van der Waals surface area contributed by atoms with Gasteiger partial charge in [0.25, 0.3) is 11.1 Å². The first kappa shape index (κ1) is 14.3. The van der Waals surface area contributed by atoms with Crippen molar-refractivity contribution in [3.8, 4) is 23.4 Å². The number of nitriles is 1. The van der Waals surface area contributed by atoms with Crippen LogP contribution in [0.4, 0.5) is 0 Å². The van der Waals surface area contributed by atoms with E-state index in [1.165, 1.54) is 19.9 Å². The van der Waals surface area contributed by atoms with Gasteiger partial charge in [-0.25, -0.2) is 9.89 Å². The lowest BCUT2D eigenvalue weighted by Gasteiger charge is -2.13. The molecule has 3 rings (SSSR count). The summed E-state index contributed by atoms with van der Waals surface area (Å²) in [6.45, 7) is 0.247. The van der Waals surface area contributed by atoms with Crippen LogP contribution in [0.5, 0.6) is 11.6 Å². The molecule has 0 radical (unpaired) electrons. The van der Waals surface area contributed by atoms with Crippen molar-refractivity contribution in [2.24, 2.45) is 0 Å². The maximum atomic E-state index is 12.2. The maximum Gasteiger partial charge on any atom is 0.349 e. The van der Waals surface area contributed by atoms with E-state index in [1.807, 2.05) is 4.98 Å². The third kappa shape index (κ3) is 3.95. The molecule has 2 heterocycles. The summed E-state index contributed by atoms with van der Waals surface area (Å²) >= 11 is 6.27. The lowest BCUT2D eigenvalue weighted by molar-refractivity contribution is 0.449. The van der Waals surface area contributed by atoms with Gasteiger partial charge in [-0.2, -0.15) is 9.94 Å². The fraction of sp³-hybridized carbons (Fsp3) is 0.222. The van der Waals surface area contributed by atoms with Crippen LogP contribution in [0.25, 0.3) is 5.69 Å². The van der Waals surface area contributed by atoms with Gasteiger partial charge in [-0.05, 0) is 30.5 Å². The fourth-order valence-corrected chi connectivity index (χ4v) is 2.59. The Morgan fingerprint density at radius 3 is 2.83 bits per heavy atom. The molecule has 0 saturated carbocycles. The van der Waals surface area contributed by atoms with E-state index in [2.05, 4.69) is 15.3 Å².